The molecule has 2 aromatic rings. The van der Waals surface area contributed by atoms with Crippen LogP contribution in [0.1, 0.15) is 12.0 Å². The van der Waals surface area contributed by atoms with Gasteiger partial charge in [-0.15, -0.1) is 0 Å². The third-order valence-corrected chi connectivity index (χ3v) is 4.35. The van der Waals surface area contributed by atoms with Gasteiger partial charge in [-0.25, -0.2) is 0 Å². The van der Waals surface area contributed by atoms with E-state index in [9.17, 15) is 0 Å². The quantitative estimate of drug-likeness (QED) is 0.841. The molecule has 2 heteroatoms. The maximum Gasteiger partial charge on any atom is 0.0110 e. The van der Waals surface area contributed by atoms with Crippen LogP contribution in [0, 0.1) is 0 Å². The van der Waals surface area contributed by atoms with Crippen LogP contribution in [0.15, 0.2) is 42.5 Å². The fourth-order valence-electron chi connectivity index (χ4n) is 2.97. The van der Waals surface area contributed by atoms with Gasteiger partial charge in [0.25, 0.3) is 0 Å². The SMILES string of the molecule is CN1CCN(CCCc2ccc3ccccc3c2)CC1. The van der Waals surface area contributed by atoms with Gasteiger partial charge in [0, 0.05) is 26.2 Å². The lowest BCUT2D eigenvalue weighted by atomic mass is 10.0. The van der Waals surface area contributed by atoms with Gasteiger partial charge in [0.2, 0.25) is 0 Å². The molecule has 0 unspecified atom stereocenters. The summed E-state index contributed by atoms with van der Waals surface area (Å²) in [5, 5.41) is 2.71. The van der Waals surface area contributed by atoms with E-state index < -0.39 is 0 Å². The highest BCUT2D eigenvalue weighted by Gasteiger charge is 2.12. The molecule has 2 aromatic carbocycles. The van der Waals surface area contributed by atoms with Gasteiger partial charge in [-0.2, -0.15) is 0 Å². The first kappa shape index (κ1) is 13.6. The van der Waals surface area contributed by atoms with Gasteiger partial charge in [-0.1, -0.05) is 42.5 Å². The van der Waals surface area contributed by atoms with Crippen molar-refractivity contribution >= 4 is 10.8 Å². The van der Waals surface area contributed by atoms with Gasteiger partial charge in [-0.3, -0.25) is 0 Å². The molecule has 0 radical (unpaired) electrons. The highest BCUT2D eigenvalue weighted by molar-refractivity contribution is 5.82. The lowest BCUT2D eigenvalue weighted by molar-refractivity contribution is 0.153. The summed E-state index contributed by atoms with van der Waals surface area (Å²) < 4.78 is 0. The minimum absolute atomic E-state index is 1.19. The summed E-state index contributed by atoms with van der Waals surface area (Å²) >= 11 is 0. The van der Waals surface area contributed by atoms with Gasteiger partial charge >= 0.3 is 0 Å². The van der Waals surface area contributed by atoms with Crippen LogP contribution in [0.25, 0.3) is 10.8 Å². The second-order valence-electron chi connectivity index (χ2n) is 5.93. The molecule has 1 saturated heterocycles. The van der Waals surface area contributed by atoms with E-state index in [4.69, 9.17) is 0 Å². The molecular weight excluding hydrogens is 244 g/mol. The lowest BCUT2D eigenvalue weighted by Gasteiger charge is -2.32. The number of hydrogen-bond acceptors (Lipinski definition) is 2. The molecule has 0 bridgehead atoms. The van der Waals surface area contributed by atoms with Crippen molar-refractivity contribution in [1.29, 1.82) is 0 Å². The number of fused-ring (bicyclic) bond motifs is 1. The van der Waals surface area contributed by atoms with Crippen molar-refractivity contribution in [3.63, 3.8) is 0 Å². The molecule has 1 aliphatic heterocycles. The smallest absolute Gasteiger partial charge is 0.0110 e. The third-order valence-electron chi connectivity index (χ3n) is 4.35. The summed E-state index contributed by atoms with van der Waals surface area (Å²) in [4.78, 5) is 5.01. The lowest BCUT2D eigenvalue weighted by Crippen LogP contribution is -2.44. The monoisotopic (exact) mass is 268 g/mol. The average Bonchev–Trinajstić information content (AvgIpc) is 2.49. The summed E-state index contributed by atoms with van der Waals surface area (Å²) in [5.41, 5.74) is 1.47. The number of aryl methyl sites for hydroxylation is 1. The fourth-order valence-corrected chi connectivity index (χ4v) is 2.97. The van der Waals surface area contributed by atoms with Crippen molar-refractivity contribution in [3.8, 4) is 0 Å². The van der Waals surface area contributed by atoms with Crippen molar-refractivity contribution in [1.82, 2.24) is 9.80 Å². The van der Waals surface area contributed by atoms with E-state index in [1.54, 1.807) is 0 Å². The molecule has 1 aliphatic rings. The molecule has 0 amide bonds. The summed E-state index contributed by atoms with van der Waals surface area (Å²) in [6.07, 6.45) is 2.46. The fraction of sp³-hybridized carbons (Fsp3) is 0.444. The number of hydrogen-bond donors (Lipinski definition) is 0. The predicted octanol–water partition coefficient (Wildman–Crippen LogP) is 3.02. The van der Waals surface area contributed by atoms with Gasteiger partial charge < -0.3 is 9.80 Å². The van der Waals surface area contributed by atoms with Crippen molar-refractivity contribution in [2.24, 2.45) is 0 Å². The first-order chi connectivity index (χ1) is 9.81. The number of rotatable bonds is 4. The highest BCUT2D eigenvalue weighted by atomic mass is 15.2. The molecule has 0 saturated carbocycles. The molecular formula is C18H24N2. The molecule has 0 atom stereocenters. The average molecular weight is 268 g/mol. The summed E-state index contributed by atoms with van der Waals surface area (Å²) in [5.74, 6) is 0. The van der Waals surface area contributed by atoms with Crippen LogP contribution < -0.4 is 0 Å². The van der Waals surface area contributed by atoms with Crippen molar-refractivity contribution in [3.05, 3.63) is 48.0 Å². The molecule has 106 valence electrons. The Morgan fingerprint density at radius 2 is 1.65 bits per heavy atom. The van der Waals surface area contributed by atoms with Crippen LogP contribution in [0.5, 0.6) is 0 Å². The molecule has 0 aromatic heterocycles. The number of piperazine rings is 1. The Hall–Kier alpha value is -1.38. The number of nitrogens with zero attached hydrogens (tertiary/aromatic N) is 2. The predicted molar refractivity (Wildman–Crippen MR) is 86.2 cm³/mol. The molecule has 1 heterocycles. The van der Waals surface area contributed by atoms with Crippen molar-refractivity contribution in [2.45, 2.75) is 12.8 Å². The normalized spacial score (nSPS) is 17.6. The molecule has 0 N–H and O–H groups in total. The van der Waals surface area contributed by atoms with Gasteiger partial charge in [-0.05, 0) is 42.8 Å². The summed E-state index contributed by atoms with van der Waals surface area (Å²) in [6, 6.07) is 15.5. The minimum Gasteiger partial charge on any atom is -0.304 e. The second kappa shape index (κ2) is 6.38. The Balaban J connectivity index is 1.52. The van der Waals surface area contributed by atoms with E-state index in [0.29, 0.717) is 0 Å². The Morgan fingerprint density at radius 1 is 0.900 bits per heavy atom. The number of likely N-dealkylation sites (N-methyl/N-ethyl adjacent to an activating group) is 1. The van der Waals surface area contributed by atoms with Crippen LogP contribution in [0.2, 0.25) is 0 Å². The maximum absolute atomic E-state index is 2.60. The van der Waals surface area contributed by atoms with Crippen LogP contribution in [0.3, 0.4) is 0 Å². The molecule has 3 rings (SSSR count). The van der Waals surface area contributed by atoms with E-state index in [1.807, 2.05) is 0 Å². The van der Waals surface area contributed by atoms with Crippen LogP contribution in [0.4, 0.5) is 0 Å². The minimum atomic E-state index is 1.19. The van der Waals surface area contributed by atoms with Gasteiger partial charge in [0.1, 0.15) is 0 Å². The van der Waals surface area contributed by atoms with E-state index in [1.165, 1.54) is 61.9 Å². The Morgan fingerprint density at radius 3 is 2.45 bits per heavy atom. The molecule has 20 heavy (non-hydrogen) atoms. The zero-order chi connectivity index (χ0) is 13.8. The zero-order valence-corrected chi connectivity index (χ0v) is 12.4. The molecule has 2 nitrogen and oxygen atoms in total. The van der Waals surface area contributed by atoms with Crippen LogP contribution in [-0.4, -0.2) is 49.6 Å². The Labute approximate surface area is 122 Å². The van der Waals surface area contributed by atoms with E-state index in [-0.39, 0.29) is 0 Å². The Bertz CT molecular complexity index is 556. The first-order valence-corrected chi connectivity index (χ1v) is 7.70. The van der Waals surface area contributed by atoms with Gasteiger partial charge in [0.15, 0.2) is 0 Å². The van der Waals surface area contributed by atoms with Crippen LogP contribution >= 0.6 is 0 Å². The summed E-state index contributed by atoms with van der Waals surface area (Å²) in [7, 11) is 2.21. The van der Waals surface area contributed by atoms with Gasteiger partial charge in [0.05, 0.1) is 0 Å². The third kappa shape index (κ3) is 3.38. The second-order valence-corrected chi connectivity index (χ2v) is 5.93. The first-order valence-electron chi connectivity index (χ1n) is 7.70. The van der Waals surface area contributed by atoms with E-state index in [2.05, 4.69) is 59.3 Å². The molecule has 1 fully saturated rings. The summed E-state index contributed by atoms with van der Waals surface area (Å²) in [6.45, 7) is 6.13. The van der Waals surface area contributed by atoms with E-state index >= 15 is 0 Å². The van der Waals surface area contributed by atoms with E-state index in [0.717, 1.165) is 0 Å². The zero-order valence-electron chi connectivity index (χ0n) is 12.4. The topological polar surface area (TPSA) is 6.48 Å². The van der Waals surface area contributed by atoms with Crippen molar-refractivity contribution in [2.75, 3.05) is 39.8 Å². The maximum atomic E-state index is 2.60. The van der Waals surface area contributed by atoms with Crippen molar-refractivity contribution < 1.29 is 0 Å². The largest absolute Gasteiger partial charge is 0.304 e. The van der Waals surface area contributed by atoms with Crippen LogP contribution in [-0.2, 0) is 6.42 Å². The molecule has 0 spiro atoms. The Kier molecular flexibility index (Phi) is 4.34. The molecule has 0 aliphatic carbocycles. The standard InChI is InChI=1S/C18H24N2/c1-19-11-13-20(14-12-19)10-4-5-16-8-9-17-6-2-3-7-18(17)15-16/h2-3,6-9,15H,4-5,10-14H2,1H3. The number of benzene rings is 2. The highest BCUT2D eigenvalue weighted by Crippen LogP contribution is 2.16.